The standard InChI is InChI=1S/C16H15BrN2O/c1-9-3-4-10(2)13(7-9)18-15-12-6-5-11(17)8-14(12)19-16(15)20/h3-8,15,18H,1-2H3,(H,19,20). The minimum Gasteiger partial charge on any atom is -0.370 e. The first-order valence-electron chi connectivity index (χ1n) is 6.49. The van der Waals surface area contributed by atoms with Gasteiger partial charge in [0.05, 0.1) is 0 Å². The fourth-order valence-electron chi connectivity index (χ4n) is 2.42. The molecule has 0 radical (unpaired) electrons. The summed E-state index contributed by atoms with van der Waals surface area (Å²) in [6.45, 7) is 4.08. The fraction of sp³-hybridized carbons (Fsp3) is 0.188. The van der Waals surface area contributed by atoms with Crippen molar-refractivity contribution in [3.05, 3.63) is 57.6 Å². The van der Waals surface area contributed by atoms with Crippen molar-refractivity contribution in [2.75, 3.05) is 10.6 Å². The fourth-order valence-corrected chi connectivity index (χ4v) is 2.79. The van der Waals surface area contributed by atoms with E-state index < -0.39 is 0 Å². The van der Waals surface area contributed by atoms with Crippen molar-refractivity contribution < 1.29 is 4.79 Å². The number of nitrogens with one attached hydrogen (secondary N) is 2. The van der Waals surface area contributed by atoms with Gasteiger partial charge in [0, 0.05) is 21.4 Å². The van der Waals surface area contributed by atoms with Gasteiger partial charge in [0.15, 0.2) is 0 Å². The third-order valence-electron chi connectivity index (χ3n) is 3.54. The van der Waals surface area contributed by atoms with Crippen LogP contribution in [0.4, 0.5) is 11.4 Å². The molecule has 1 aliphatic rings. The van der Waals surface area contributed by atoms with Crippen LogP contribution in [0.25, 0.3) is 0 Å². The molecule has 3 rings (SSSR count). The Morgan fingerprint density at radius 3 is 2.75 bits per heavy atom. The maximum atomic E-state index is 12.2. The topological polar surface area (TPSA) is 41.1 Å². The maximum absolute atomic E-state index is 12.2. The van der Waals surface area contributed by atoms with Gasteiger partial charge in [-0.1, -0.05) is 34.1 Å². The molecule has 2 N–H and O–H groups in total. The van der Waals surface area contributed by atoms with Gasteiger partial charge in [-0.05, 0) is 43.2 Å². The van der Waals surface area contributed by atoms with Crippen LogP contribution in [0.1, 0.15) is 22.7 Å². The van der Waals surface area contributed by atoms with Gasteiger partial charge in [-0.25, -0.2) is 0 Å². The van der Waals surface area contributed by atoms with Crippen molar-refractivity contribution in [2.24, 2.45) is 0 Å². The number of benzene rings is 2. The van der Waals surface area contributed by atoms with Crippen molar-refractivity contribution in [1.29, 1.82) is 0 Å². The highest BCUT2D eigenvalue weighted by atomic mass is 79.9. The van der Waals surface area contributed by atoms with E-state index in [0.29, 0.717) is 0 Å². The monoisotopic (exact) mass is 330 g/mol. The molecule has 1 heterocycles. The number of hydrogen-bond acceptors (Lipinski definition) is 2. The summed E-state index contributed by atoms with van der Waals surface area (Å²) in [4.78, 5) is 12.2. The van der Waals surface area contributed by atoms with Crippen LogP contribution in [0.5, 0.6) is 0 Å². The van der Waals surface area contributed by atoms with Crippen LogP contribution in [0.15, 0.2) is 40.9 Å². The zero-order valence-electron chi connectivity index (χ0n) is 11.3. The van der Waals surface area contributed by atoms with E-state index >= 15 is 0 Å². The molecule has 3 nitrogen and oxygen atoms in total. The second kappa shape index (κ2) is 4.94. The molecule has 0 saturated carbocycles. The number of halogens is 1. The van der Waals surface area contributed by atoms with Gasteiger partial charge in [0.2, 0.25) is 0 Å². The van der Waals surface area contributed by atoms with Crippen LogP contribution in [-0.4, -0.2) is 5.91 Å². The molecule has 0 saturated heterocycles. The van der Waals surface area contributed by atoms with Gasteiger partial charge in [-0.15, -0.1) is 0 Å². The lowest BCUT2D eigenvalue weighted by molar-refractivity contribution is -0.116. The van der Waals surface area contributed by atoms with E-state index in [1.165, 1.54) is 5.56 Å². The van der Waals surface area contributed by atoms with Crippen molar-refractivity contribution in [3.63, 3.8) is 0 Å². The second-order valence-electron chi connectivity index (χ2n) is 5.12. The molecule has 2 aromatic rings. The van der Waals surface area contributed by atoms with E-state index in [0.717, 1.165) is 27.0 Å². The van der Waals surface area contributed by atoms with E-state index in [-0.39, 0.29) is 11.9 Å². The third-order valence-corrected chi connectivity index (χ3v) is 4.03. The lowest BCUT2D eigenvalue weighted by atomic mass is 10.1. The molecule has 1 unspecified atom stereocenters. The van der Waals surface area contributed by atoms with Crippen LogP contribution >= 0.6 is 15.9 Å². The van der Waals surface area contributed by atoms with Gasteiger partial charge in [-0.3, -0.25) is 4.79 Å². The minimum atomic E-state index is -0.335. The van der Waals surface area contributed by atoms with Crippen LogP contribution < -0.4 is 10.6 Å². The molecule has 2 aromatic carbocycles. The molecule has 1 atom stereocenters. The molecule has 1 amide bonds. The van der Waals surface area contributed by atoms with Gasteiger partial charge >= 0.3 is 0 Å². The quantitative estimate of drug-likeness (QED) is 0.867. The molecular formula is C16H15BrN2O. The molecule has 0 spiro atoms. The molecule has 4 heteroatoms. The van der Waals surface area contributed by atoms with Crippen molar-refractivity contribution in [1.82, 2.24) is 0 Å². The van der Waals surface area contributed by atoms with Crippen LogP contribution in [0, 0.1) is 13.8 Å². The van der Waals surface area contributed by atoms with Crippen molar-refractivity contribution >= 4 is 33.2 Å². The van der Waals surface area contributed by atoms with E-state index in [1.54, 1.807) is 0 Å². The number of aryl methyl sites for hydroxylation is 2. The normalized spacial score (nSPS) is 16.8. The Hall–Kier alpha value is -1.81. The summed E-state index contributed by atoms with van der Waals surface area (Å²) in [6, 6.07) is 11.7. The highest BCUT2D eigenvalue weighted by molar-refractivity contribution is 9.10. The number of rotatable bonds is 2. The first-order valence-corrected chi connectivity index (χ1v) is 7.28. The Morgan fingerprint density at radius 2 is 1.95 bits per heavy atom. The van der Waals surface area contributed by atoms with E-state index in [1.807, 2.05) is 32.0 Å². The summed E-state index contributed by atoms with van der Waals surface area (Å²) in [5, 5.41) is 6.26. The summed E-state index contributed by atoms with van der Waals surface area (Å²) < 4.78 is 0.962. The Balaban J connectivity index is 1.96. The van der Waals surface area contributed by atoms with E-state index in [2.05, 4.69) is 44.8 Å². The minimum absolute atomic E-state index is 0.0148. The highest BCUT2D eigenvalue weighted by Gasteiger charge is 2.30. The van der Waals surface area contributed by atoms with Gasteiger partial charge in [0.1, 0.15) is 6.04 Å². The smallest absolute Gasteiger partial charge is 0.251 e. The summed E-state index contributed by atoms with van der Waals surface area (Å²) in [6.07, 6.45) is 0. The third kappa shape index (κ3) is 2.31. The zero-order valence-corrected chi connectivity index (χ0v) is 12.9. The zero-order chi connectivity index (χ0) is 14.3. The number of hydrogen-bond donors (Lipinski definition) is 2. The number of carbonyl (C=O) groups is 1. The molecular weight excluding hydrogens is 316 g/mol. The van der Waals surface area contributed by atoms with Crippen LogP contribution in [0.3, 0.4) is 0 Å². The Morgan fingerprint density at radius 1 is 1.15 bits per heavy atom. The highest BCUT2D eigenvalue weighted by Crippen LogP contribution is 2.35. The predicted molar refractivity (Wildman–Crippen MR) is 85.1 cm³/mol. The number of carbonyl (C=O) groups excluding carboxylic acids is 1. The summed E-state index contributed by atoms with van der Waals surface area (Å²) >= 11 is 3.42. The average molecular weight is 331 g/mol. The lowest BCUT2D eigenvalue weighted by Gasteiger charge is -2.15. The molecule has 0 aromatic heterocycles. The Bertz CT molecular complexity index is 697. The molecule has 1 aliphatic heterocycles. The largest absolute Gasteiger partial charge is 0.370 e. The molecule has 20 heavy (non-hydrogen) atoms. The van der Waals surface area contributed by atoms with Gasteiger partial charge in [0.25, 0.3) is 5.91 Å². The Labute approximate surface area is 126 Å². The van der Waals surface area contributed by atoms with Crippen molar-refractivity contribution in [3.8, 4) is 0 Å². The van der Waals surface area contributed by atoms with Gasteiger partial charge < -0.3 is 10.6 Å². The van der Waals surface area contributed by atoms with E-state index in [9.17, 15) is 4.79 Å². The molecule has 0 fully saturated rings. The maximum Gasteiger partial charge on any atom is 0.251 e. The molecule has 0 aliphatic carbocycles. The summed E-state index contributed by atoms with van der Waals surface area (Å²) in [5.74, 6) is -0.0148. The lowest BCUT2D eigenvalue weighted by Crippen LogP contribution is -2.20. The molecule has 102 valence electrons. The van der Waals surface area contributed by atoms with Crippen molar-refractivity contribution in [2.45, 2.75) is 19.9 Å². The first kappa shape index (κ1) is 13.2. The van der Waals surface area contributed by atoms with Crippen LogP contribution in [-0.2, 0) is 4.79 Å². The average Bonchev–Trinajstić information content (AvgIpc) is 2.69. The van der Waals surface area contributed by atoms with Crippen LogP contribution in [0.2, 0.25) is 0 Å². The summed E-state index contributed by atoms with van der Waals surface area (Å²) in [7, 11) is 0. The second-order valence-corrected chi connectivity index (χ2v) is 6.03. The number of anilines is 2. The summed E-state index contributed by atoms with van der Waals surface area (Å²) in [5.41, 5.74) is 5.16. The number of amides is 1. The van der Waals surface area contributed by atoms with E-state index in [4.69, 9.17) is 0 Å². The SMILES string of the molecule is Cc1ccc(C)c(NC2C(=O)Nc3cc(Br)ccc32)c1. The predicted octanol–water partition coefficient (Wildman–Crippen LogP) is 4.17. The Kier molecular flexibility index (Phi) is 3.26. The first-order chi connectivity index (χ1) is 9.54. The number of fused-ring (bicyclic) bond motifs is 1. The molecule has 0 bridgehead atoms. The van der Waals surface area contributed by atoms with Gasteiger partial charge in [-0.2, -0.15) is 0 Å².